The SMILES string of the molecule is Cn1c2c(c3ccc(-n4ccc(OCc5ccccc5)cc4=O)cc31)CCN1CCCCC21. The highest BCUT2D eigenvalue weighted by molar-refractivity contribution is 5.87. The van der Waals surface area contributed by atoms with Gasteiger partial charge in [-0.1, -0.05) is 42.8 Å². The second-order valence-electron chi connectivity index (χ2n) is 9.27. The number of fused-ring (bicyclic) bond motifs is 5. The summed E-state index contributed by atoms with van der Waals surface area (Å²) >= 11 is 0. The maximum atomic E-state index is 12.9. The summed E-state index contributed by atoms with van der Waals surface area (Å²) in [4.78, 5) is 15.6. The molecule has 4 heterocycles. The van der Waals surface area contributed by atoms with Gasteiger partial charge in [-0.3, -0.25) is 14.3 Å². The van der Waals surface area contributed by atoms with Crippen molar-refractivity contribution < 1.29 is 4.74 Å². The topological polar surface area (TPSA) is 39.4 Å². The van der Waals surface area contributed by atoms with Crippen LogP contribution in [0.2, 0.25) is 0 Å². The van der Waals surface area contributed by atoms with Gasteiger partial charge in [-0.15, -0.1) is 0 Å². The predicted octanol–water partition coefficient (Wildman–Crippen LogP) is 4.99. The summed E-state index contributed by atoms with van der Waals surface area (Å²) in [7, 11) is 2.19. The largest absolute Gasteiger partial charge is 0.489 e. The monoisotopic (exact) mass is 439 g/mol. The number of benzene rings is 2. The summed E-state index contributed by atoms with van der Waals surface area (Å²) in [6.45, 7) is 2.82. The lowest BCUT2D eigenvalue weighted by molar-refractivity contribution is 0.133. The van der Waals surface area contributed by atoms with Gasteiger partial charge in [0.05, 0.1) is 17.2 Å². The zero-order valence-electron chi connectivity index (χ0n) is 19.0. The molecule has 1 atom stereocenters. The van der Waals surface area contributed by atoms with E-state index in [0.717, 1.165) is 24.2 Å². The minimum absolute atomic E-state index is 0.0858. The van der Waals surface area contributed by atoms with Gasteiger partial charge in [-0.2, -0.15) is 0 Å². The molecule has 2 aliphatic heterocycles. The number of rotatable bonds is 4. The van der Waals surface area contributed by atoms with Gasteiger partial charge < -0.3 is 9.30 Å². The van der Waals surface area contributed by atoms with Crippen LogP contribution in [0.3, 0.4) is 0 Å². The van der Waals surface area contributed by atoms with Gasteiger partial charge in [0.2, 0.25) is 0 Å². The zero-order valence-corrected chi connectivity index (χ0v) is 19.0. The molecule has 168 valence electrons. The minimum atomic E-state index is -0.0858. The molecule has 0 bridgehead atoms. The van der Waals surface area contributed by atoms with Gasteiger partial charge in [0, 0.05) is 36.9 Å². The third-order valence-corrected chi connectivity index (χ3v) is 7.33. The average molecular weight is 440 g/mol. The fourth-order valence-corrected chi connectivity index (χ4v) is 5.69. The van der Waals surface area contributed by atoms with Gasteiger partial charge in [-0.25, -0.2) is 0 Å². The number of hydrogen-bond donors (Lipinski definition) is 0. The van der Waals surface area contributed by atoms with Gasteiger partial charge in [0.25, 0.3) is 5.56 Å². The summed E-state index contributed by atoms with van der Waals surface area (Å²) < 4.78 is 9.91. The smallest absolute Gasteiger partial charge is 0.258 e. The Labute approximate surface area is 193 Å². The average Bonchev–Trinajstić information content (AvgIpc) is 3.15. The molecule has 0 radical (unpaired) electrons. The van der Waals surface area contributed by atoms with E-state index in [1.54, 1.807) is 10.6 Å². The summed E-state index contributed by atoms with van der Waals surface area (Å²) in [6, 6.07) is 20.4. The molecule has 4 aromatic rings. The molecule has 1 unspecified atom stereocenters. The predicted molar refractivity (Wildman–Crippen MR) is 131 cm³/mol. The Hall–Kier alpha value is -3.31. The van der Waals surface area contributed by atoms with Crippen LogP contribution in [0, 0.1) is 0 Å². The van der Waals surface area contributed by atoms with Crippen LogP contribution in [-0.2, 0) is 20.1 Å². The van der Waals surface area contributed by atoms with Crippen molar-refractivity contribution in [2.45, 2.75) is 38.3 Å². The molecule has 0 spiro atoms. The molecule has 33 heavy (non-hydrogen) atoms. The van der Waals surface area contributed by atoms with Crippen LogP contribution < -0.4 is 10.3 Å². The third kappa shape index (κ3) is 3.57. The van der Waals surface area contributed by atoms with Gasteiger partial charge in [-0.05, 0) is 55.1 Å². The number of nitrogens with zero attached hydrogens (tertiary/aromatic N) is 3. The lowest BCUT2D eigenvalue weighted by atomic mass is 9.91. The Balaban J connectivity index is 1.32. The molecule has 2 aromatic heterocycles. The maximum absolute atomic E-state index is 12.9. The fraction of sp³-hybridized carbons (Fsp3) is 0.321. The van der Waals surface area contributed by atoms with Crippen LogP contribution >= 0.6 is 0 Å². The van der Waals surface area contributed by atoms with E-state index in [0.29, 0.717) is 18.4 Å². The van der Waals surface area contributed by atoms with Crippen molar-refractivity contribution in [1.29, 1.82) is 0 Å². The Kier molecular flexibility index (Phi) is 5.07. The number of piperidine rings is 1. The molecule has 1 saturated heterocycles. The van der Waals surface area contributed by atoms with Crippen molar-refractivity contribution >= 4 is 10.9 Å². The van der Waals surface area contributed by atoms with E-state index in [9.17, 15) is 4.79 Å². The lowest BCUT2D eigenvalue weighted by Gasteiger charge is -2.40. The highest BCUT2D eigenvalue weighted by atomic mass is 16.5. The van der Waals surface area contributed by atoms with Crippen molar-refractivity contribution in [1.82, 2.24) is 14.0 Å². The Morgan fingerprint density at radius 1 is 1.00 bits per heavy atom. The first-order valence-corrected chi connectivity index (χ1v) is 11.9. The third-order valence-electron chi connectivity index (χ3n) is 7.33. The maximum Gasteiger partial charge on any atom is 0.258 e. The molecule has 0 aliphatic carbocycles. The molecule has 0 amide bonds. The van der Waals surface area contributed by atoms with Crippen LogP contribution in [0.15, 0.2) is 71.7 Å². The Bertz CT molecular complexity index is 1370. The number of hydrogen-bond acceptors (Lipinski definition) is 3. The van der Waals surface area contributed by atoms with Crippen molar-refractivity contribution in [3.05, 3.63) is 94.0 Å². The van der Waals surface area contributed by atoms with Crippen molar-refractivity contribution in [2.75, 3.05) is 13.1 Å². The molecule has 6 rings (SSSR count). The highest BCUT2D eigenvalue weighted by Crippen LogP contribution is 2.41. The second kappa shape index (κ2) is 8.23. The van der Waals surface area contributed by atoms with E-state index in [2.05, 4.69) is 34.7 Å². The van der Waals surface area contributed by atoms with E-state index in [1.165, 1.54) is 48.0 Å². The standard InChI is InChI=1S/C28H29N3O2/c1-29-26-17-21(10-11-23(26)24-13-15-30-14-6-5-9-25(30)28(24)29)31-16-12-22(18-27(31)32)33-19-20-7-3-2-4-8-20/h2-4,7-8,10-12,16-18,25H,5-6,9,13-15,19H2,1H3. The minimum Gasteiger partial charge on any atom is -0.489 e. The Morgan fingerprint density at radius 2 is 1.88 bits per heavy atom. The van der Waals surface area contributed by atoms with Gasteiger partial charge in [0.15, 0.2) is 0 Å². The first-order chi connectivity index (χ1) is 16.2. The second-order valence-corrected chi connectivity index (χ2v) is 9.27. The molecular weight excluding hydrogens is 410 g/mol. The summed E-state index contributed by atoms with van der Waals surface area (Å²) in [5.74, 6) is 0.591. The van der Waals surface area contributed by atoms with Crippen LogP contribution in [0.1, 0.15) is 42.1 Å². The normalized spacial score (nSPS) is 18.2. The summed E-state index contributed by atoms with van der Waals surface area (Å²) in [5.41, 5.74) is 6.07. The van der Waals surface area contributed by atoms with Crippen LogP contribution in [-0.4, -0.2) is 27.1 Å². The quantitative estimate of drug-likeness (QED) is 0.450. The first-order valence-electron chi connectivity index (χ1n) is 11.9. The van der Waals surface area contributed by atoms with Crippen molar-refractivity contribution in [3.63, 3.8) is 0 Å². The van der Waals surface area contributed by atoms with Crippen molar-refractivity contribution in [2.24, 2.45) is 7.05 Å². The first kappa shape index (κ1) is 20.3. The van der Waals surface area contributed by atoms with Crippen molar-refractivity contribution in [3.8, 4) is 11.4 Å². The highest BCUT2D eigenvalue weighted by Gasteiger charge is 2.33. The number of ether oxygens (including phenoxy) is 1. The number of aryl methyl sites for hydroxylation is 1. The summed E-state index contributed by atoms with van der Waals surface area (Å²) in [6.07, 6.45) is 6.79. The summed E-state index contributed by atoms with van der Waals surface area (Å²) in [5, 5.41) is 1.33. The van der Waals surface area contributed by atoms with E-state index in [-0.39, 0.29) is 5.56 Å². The number of aromatic nitrogens is 2. The Morgan fingerprint density at radius 3 is 2.73 bits per heavy atom. The van der Waals surface area contributed by atoms with Gasteiger partial charge >= 0.3 is 0 Å². The molecular formula is C28H29N3O2. The molecule has 2 aliphatic rings. The van der Waals surface area contributed by atoms with E-state index in [1.807, 2.05) is 42.6 Å². The van der Waals surface area contributed by atoms with Crippen LogP contribution in [0.5, 0.6) is 5.75 Å². The molecule has 5 nitrogen and oxygen atoms in total. The molecule has 0 saturated carbocycles. The van der Waals surface area contributed by atoms with E-state index in [4.69, 9.17) is 4.74 Å². The fourth-order valence-electron chi connectivity index (χ4n) is 5.69. The van der Waals surface area contributed by atoms with Gasteiger partial charge in [0.1, 0.15) is 12.4 Å². The zero-order chi connectivity index (χ0) is 22.4. The van der Waals surface area contributed by atoms with Crippen LogP contribution in [0.4, 0.5) is 0 Å². The molecule has 5 heteroatoms. The van der Waals surface area contributed by atoms with E-state index < -0.39 is 0 Å². The molecule has 2 aromatic carbocycles. The molecule has 1 fully saturated rings. The number of pyridine rings is 1. The van der Waals surface area contributed by atoms with E-state index >= 15 is 0 Å². The van der Waals surface area contributed by atoms with Crippen LogP contribution in [0.25, 0.3) is 16.6 Å². The lowest BCUT2D eigenvalue weighted by Crippen LogP contribution is -2.39. The molecule has 0 N–H and O–H groups in total.